The topological polar surface area (TPSA) is 82.5 Å². The number of amides is 2. The number of benzene rings is 3. The summed E-state index contributed by atoms with van der Waals surface area (Å²) in [6.07, 6.45) is 0.130. The van der Waals surface area contributed by atoms with E-state index in [1.807, 2.05) is 6.92 Å². The van der Waals surface area contributed by atoms with E-state index in [4.69, 9.17) is 23.2 Å². The number of fused-ring (bicyclic) bond motifs is 1. The van der Waals surface area contributed by atoms with E-state index in [9.17, 15) is 19.1 Å². The fourth-order valence-electron chi connectivity index (χ4n) is 4.00. The van der Waals surface area contributed by atoms with Crippen LogP contribution in [0.15, 0.2) is 60.1 Å². The summed E-state index contributed by atoms with van der Waals surface area (Å²) in [7, 11) is 0. The van der Waals surface area contributed by atoms with Gasteiger partial charge in [0.05, 0.1) is 15.7 Å². The van der Waals surface area contributed by atoms with Crippen LogP contribution in [0.4, 0.5) is 4.39 Å². The Labute approximate surface area is 227 Å². The van der Waals surface area contributed by atoms with Gasteiger partial charge in [0.1, 0.15) is 17.5 Å². The third-order valence-electron chi connectivity index (χ3n) is 6.03. The standard InChI is InChI=1S/C27H24Cl2FN3O3S/c1-2-33(14-18-6-10-23(30)25-24(18)32-15-37-25)27(36)21(11-16-3-8-20(34)9-4-16)26(35)31-13-17-5-7-19(28)12-22(17)29/h3-10,12,15,21,34H,2,11,13-14H2,1H3,(H,31,35). The van der Waals surface area contributed by atoms with Crippen molar-refractivity contribution in [3.8, 4) is 5.75 Å². The van der Waals surface area contributed by atoms with Crippen molar-refractivity contribution in [2.24, 2.45) is 5.92 Å². The van der Waals surface area contributed by atoms with E-state index in [2.05, 4.69) is 10.3 Å². The summed E-state index contributed by atoms with van der Waals surface area (Å²) in [5.41, 5.74) is 4.16. The smallest absolute Gasteiger partial charge is 0.235 e. The Morgan fingerprint density at radius 2 is 1.84 bits per heavy atom. The molecule has 10 heteroatoms. The molecule has 37 heavy (non-hydrogen) atoms. The van der Waals surface area contributed by atoms with Crippen LogP contribution in [-0.2, 0) is 29.1 Å². The predicted molar refractivity (Wildman–Crippen MR) is 144 cm³/mol. The van der Waals surface area contributed by atoms with Crippen molar-refractivity contribution in [1.82, 2.24) is 15.2 Å². The van der Waals surface area contributed by atoms with E-state index >= 15 is 0 Å². The number of aromatic hydroxyl groups is 1. The molecule has 1 atom stereocenters. The molecule has 2 N–H and O–H groups in total. The Bertz CT molecular complexity index is 1430. The number of carbonyl (C=O) groups excluding carboxylic acids is 2. The lowest BCUT2D eigenvalue weighted by Gasteiger charge is -2.26. The van der Waals surface area contributed by atoms with Gasteiger partial charge in [0.25, 0.3) is 0 Å². The van der Waals surface area contributed by atoms with Crippen LogP contribution < -0.4 is 5.32 Å². The second kappa shape index (κ2) is 11.9. The average Bonchev–Trinajstić information content (AvgIpc) is 3.38. The maximum absolute atomic E-state index is 14.2. The number of nitrogens with one attached hydrogen (secondary N) is 1. The maximum atomic E-state index is 14.2. The fraction of sp³-hybridized carbons (Fsp3) is 0.222. The van der Waals surface area contributed by atoms with Gasteiger partial charge in [-0.3, -0.25) is 9.59 Å². The largest absolute Gasteiger partial charge is 0.508 e. The first kappa shape index (κ1) is 26.9. The van der Waals surface area contributed by atoms with E-state index in [1.54, 1.807) is 46.8 Å². The zero-order chi connectivity index (χ0) is 26.5. The van der Waals surface area contributed by atoms with Gasteiger partial charge >= 0.3 is 0 Å². The maximum Gasteiger partial charge on any atom is 0.235 e. The van der Waals surface area contributed by atoms with Gasteiger partial charge in [-0.25, -0.2) is 9.37 Å². The number of phenolic OH excluding ortho intramolecular Hbond substituents is 1. The lowest BCUT2D eigenvalue weighted by Crippen LogP contribution is -2.44. The lowest BCUT2D eigenvalue weighted by molar-refractivity contribution is -0.142. The molecule has 1 heterocycles. The van der Waals surface area contributed by atoms with Crippen LogP contribution in [0, 0.1) is 11.7 Å². The summed E-state index contributed by atoms with van der Waals surface area (Å²) in [5, 5.41) is 13.4. The number of nitrogens with zero attached hydrogens (tertiary/aromatic N) is 2. The molecule has 0 aliphatic carbocycles. The molecule has 4 rings (SSSR count). The van der Waals surface area contributed by atoms with Crippen molar-refractivity contribution >= 4 is 56.6 Å². The lowest BCUT2D eigenvalue weighted by atomic mass is 9.96. The first-order valence-corrected chi connectivity index (χ1v) is 13.2. The first-order chi connectivity index (χ1) is 17.8. The summed E-state index contributed by atoms with van der Waals surface area (Å²) >= 11 is 13.4. The Morgan fingerprint density at radius 3 is 2.54 bits per heavy atom. The molecule has 3 aromatic carbocycles. The number of carbonyl (C=O) groups is 2. The Balaban J connectivity index is 1.58. The molecule has 1 unspecified atom stereocenters. The monoisotopic (exact) mass is 559 g/mol. The zero-order valence-electron chi connectivity index (χ0n) is 19.9. The molecule has 0 radical (unpaired) electrons. The molecule has 0 saturated heterocycles. The molecule has 2 amide bonds. The molecule has 0 fully saturated rings. The van der Waals surface area contributed by atoms with Crippen molar-refractivity contribution in [1.29, 1.82) is 0 Å². The fourth-order valence-corrected chi connectivity index (χ4v) is 5.22. The number of phenols is 1. The number of hydrogen-bond acceptors (Lipinski definition) is 5. The second-order valence-corrected chi connectivity index (χ2v) is 10.2. The van der Waals surface area contributed by atoms with Gasteiger partial charge in [-0.15, -0.1) is 11.3 Å². The van der Waals surface area contributed by atoms with Gasteiger partial charge < -0.3 is 15.3 Å². The van der Waals surface area contributed by atoms with Crippen LogP contribution in [0.3, 0.4) is 0 Å². The SMILES string of the molecule is CCN(Cc1ccc(F)c2scnc12)C(=O)C(Cc1ccc(O)cc1)C(=O)NCc1ccc(Cl)cc1Cl. The molecule has 6 nitrogen and oxygen atoms in total. The van der Waals surface area contributed by atoms with E-state index in [0.717, 1.165) is 5.56 Å². The normalized spacial score (nSPS) is 11.9. The first-order valence-electron chi connectivity index (χ1n) is 11.6. The average molecular weight is 560 g/mol. The van der Waals surface area contributed by atoms with Gasteiger partial charge in [0, 0.05) is 29.7 Å². The van der Waals surface area contributed by atoms with Crippen LogP contribution >= 0.6 is 34.5 Å². The van der Waals surface area contributed by atoms with Crippen LogP contribution in [-0.4, -0.2) is 33.3 Å². The molecule has 0 saturated carbocycles. The molecule has 0 aliphatic heterocycles. The Kier molecular flexibility index (Phi) is 8.63. The third kappa shape index (κ3) is 6.39. The minimum absolute atomic E-state index is 0.0900. The van der Waals surface area contributed by atoms with Crippen LogP contribution in [0.2, 0.25) is 10.0 Å². The molecule has 1 aromatic heterocycles. The van der Waals surface area contributed by atoms with Crippen molar-refractivity contribution < 1.29 is 19.1 Å². The molecule has 0 bridgehead atoms. The summed E-state index contributed by atoms with van der Waals surface area (Å²) in [6.45, 7) is 2.46. The number of thiazole rings is 1. The molecule has 0 spiro atoms. The molecule has 192 valence electrons. The number of hydrogen-bond donors (Lipinski definition) is 2. The van der Waals surface area contributed by atoms with E-state index in [-0.39, 0.29) is 37.0 Å². The highest BCUT2D eigenvalue weighted by Crippen LogP contribution is 2.27. The number of rotatable bonds is 9. The summed E-state index contributed by atoms with van der Waals surface area (Å²) in [6, 6.07) is 14.3. The molecular weight excluding hydrogens is 536 g/mol. The van der Waals surface area contributed by atoms with Gasteiger partial charge in [-0.1, -0.05) is 47.5 Å². The highest BCUT2D eigenvalue weighted by Gasteiger charge is 2.31. The van der Waals surface area contributed by atoms with Gasteiger partial charge in [0.2, 0.25) is 11.8 Å². The van der Waals surface area contributed by atoms with Crippen LogP contribution in [0.25, 0.3) is 10.2 Å². The summed E-state index contributed by atoms with van der Waals surface area (Å²) in [5.74, 6) is -2.14. The summed E-state index contributed by atoms with van der Waals surface area (Å²) < 4.78 is 14.6. The van der Waals surface area contributed by atoms with E-state index < -0.39 is 11.8 Å². The minimum atomic E-state index is -1.04. The molecule has 0 aliphatic rings. The minimum Gasteiger partial charge on any atom is -0.508 e. The van der Waals surface area contributed by atoms with Crippen LogP contribution in [0.1, 0.15) is 23.6 Å². The van der Waals surface area contributed by atoms with Crippen molar-refractivity contribution in [3.05, 3.63) is 92.7 Å². The summed E-state index contributed by atoms with van der Waals surface area (Å²) in [4.78, 5) is 32.9. The number of aromatic nitrogens is 1. The Morgan fingerprint density at radius 1 is 1.11 bits per heavy atom. The third-order valence-corrected chi connectivity index (χ3v) is 7.45. The molecule has 4 aromatic rings. The molecular formula is C27H24Cl2FN3O3S. The van der Waals surface area contributed by atoms with Crippen LogP contribution in [0.5, 0.6) is 5.75 Å². The number of halogens is 3. The quantitative estimate of drug-likeness (QED) is 0.247. The Hall–Kier alpha value is -3.20. The van der Waals surface area contributed by atoms with Gasteiger partial charge in [0.15, 0.2) is 0 Å². The van der Waals surface area contributed by atoms with E-state index in [1.165, 1.54) is 29.5 Å². The van der Waals surface area contributed by atoms with E-state index in [0.29, 0.717) is 37.9 Å². The van der Waals surface area contributed by atoms with Crippen molar-refractivity contribution in [2.45, 2.75) is 26.4 Å². The van der Waals surface area contributed by atoms with Crippen molar-refractivity contribution in [3.63, 3.8) is 0 Å². The second-order valence-electron chi connectivity index (χ2n) is 8.47. The van der Waals surface area contributed by atoms with Gasteiger partial charge in [-0.2, -0.15) is 0 Å². The predicted octanol–water partition coefficient (Wildman–Crippen LogP) is 5.97. The zero-order valence-corrected chi connectivity index (χ0v) is 22.2. The van der Waals surface area contributed by atoms with Crippen molar-refractivity contribution in [2.75, 3.05) is 6.54 Å². The van der Waals surface area contributed by atoms with Gasteiger partial charge in [-0.05, 0) is 60.4 Å². The highest BCUT2D eigenvalue weighted by molar-refractivity contribution is 7.16. The highest BCUT2D eigenvalue weighted by atomic mass is 35.5.